The van der Waals surface area contributed by atoms with Crippen LogP contribution in [0.25, 0.3) is 0 Å². The van der Waals surface area contributed by atoms with Gasteiger partial charge in [0.15, 0.2) is 0 Å². The summed E-state index contributed by atoms with van der Waals surface area (Å²) in [5.74, 6) is 1.15. The van der Waals surface area contributed by atoms with E-state index in [9.17, 15) is 13.2 Å². The molecule has 2 rings (SSSR count). The zero-order valence-electron chi connectivity index (χ0n) is 16.2. The second-order valence-corrected chi connectivity index (χ2v) is 9.24. The van der Waals surface area contributed by atoms with Gasteiger partial charge in [-0.3, -0.25) is 9.69 Å². The van der Waals surface area contributed by atoms with E-state index in [0.29, 0.717) is 37.2 Å². The molecule has 1 N–H and O–H groups in total. The molecule has 0 aliphatic carbocycles. The van der Waals surface area contributed by atoms with E-state index in [0.717, 1.165) is 13.1 Å². The zero-order valence-corrected chi connectivity index (χ0v) is 17.1. The molecule has 2 atom stereocenters. The molecule has 0 unspecified atom stereocenters. The number of nitrogens with zero attached hydrogens (tertiary/aromatic N) is 2. The van der Waals surface area contributed by atoms with Crippen molar-refractivity contribution < 1.29 is 13.2 Å². The Morgan fingerprint density at radius 2 is 1.65 bits per heavy atom. The Labute approximate surface area is 157 Å². The summed E-state index contributed by atoms with van der Waals surface area (Å²) < 4.78 is 26.4. The maximum Gasteiger partial charge on any atom is 0.243 e. The quantitative estimate of drug-likeness (QED) is 0.788. The lowest BCUT2D eigenvalue weighted by atomic mass is 9.92. The highest BCUT2D eigenvalue weighted by atomic mass is 32.2. The van der Waals surface area contributed by atoms with E-state index in [1.165, 1.54) is 10.7 Å². The number of piperidine rings is 1. The van der Waals surface area contributed by atoms with Gasteiger partial charge < -0.3 is 5.32 Å². The summed E-state index contributed by atoms with van der Waals surface area (Å²) in [6.07, 6.45) is 1.21. The fourth-order valence-electron chi connectivity index (χ4n) is 3.75. The van der Waals surface area contributed by atoms with Crippen molar-refractivity contribution in [1.82, 2.24) is 9.21 Å². The molecular formula is C19H31N3O3S. The van der Waals surface area contributed by atoms with Crippen molar-refractivity contribution in [2.24, 2.45) is 11.8 Å². The van der Waals surface area contributed by atoms with E-state index < -0.39 is 10.0 Å². The SMILES string of the molecule is CCN(CC)S(=O)(=O)c1ccc(NC(=O)CN2C[C@H](C)C[C@H](C)C2)cc1. The molecule has 1 fully saturated rings. The van der Waals surface area contributed by atoms with E-state index in [1.54, 1.807) is 24.3 Å². The predicted molar refractivity (Wildman–Crippen MR) is 105 cm³/mol. The van der Waals surface area contributed by atoms with Crippen LogP contribution in [0.3, 0.4) is 0 Å². The Hall–Kier alpha value is -1.44. The van der Waals surface area contributed by atoms with Crippen molar-refractivity contribution in [2.45, 2.75) is 39.0 Å². The number of carbonyl (C=O) groups is 1. The molecule has 1 aliphatic rings. The number of rotatable bonds is 7. The van der Waals surface area contributed by atoms with Gasteiger partial charge in [-0.05, 0) is 42.5 Å². The van der Waals surface area contributed by atoms with E-state index >= 15 is 0 Å². The normalized spacial score (nSPS) is 21.7. The van der Waals surface area contributed by atoms with Gasteiger partial charge in [-0.2, -0.15) is 4.31 Å². The minimum Gasteiger partial charge on any atom is -0.325 e. The van der Waals surface area contributed by atoms with Gasteiger partial charge in [0.05, 0.1) is 11.4 Å². The van der Waals surface area contributed by atoms with Gasteiger partial charge >= 0.3 is 0 Å². The fraction of sp³-hybridized carbons (Fsp3) is 0.632. The van der Waals surface area contributed by atoms with Crippen molar-refractivity contribution in [2.75, 3.05) is 38.0 Å². The zero-order chi connectivity index (χ0) is 19.3. The number of anilines is 1. The van der Waals surface area contributed by atoms with E-state index in [1.807, 2.05) is 13.8 Å². The van der Waals surface area contributed by atoms with Crippen LogP contribution in [-0.4, -0.2) is 56.3 Å². The van der Waals surface area contributed by atoms with Crippen molar-refractivity contribution >= 4 is 21.6 Å². The van der Waals surface area contributed by atoms with Crippen molar-refractivity contribution in [3.8, 4) is 0 Å². The maximum atomic E-state index is 12.5. The number of benzene rings is 1. The number of carbonyl (C=O) groups excluding carboxylic acids is 1. The second kappa shape index (κ2) is 8.97. The third kappa shape index (κ3) is 5.28. The minimum absolute atomic E-state index is 0.0642. The summed E-state index contributed by atoms with van der Waals surface area (Å²) in [4.78, 5) is 14.7. The lowest BCUT2D eigenvalue weighted by Crippen LogP contribution is -2.42. The van der Waals surface area contributed by atoms with Crippen LogP contribution in [0.5, 0.6) is 0 Å². The van der Waals surface area contributed by atoms with Gasteiger partial charge in [0.2, 0.25) is 15.9 Å². The van der Waals surface area contributed by atoms with Crippen molar-refractivity contribution in [3.63, 3.8) is 0 Å². The summed E-state index contributed by atoms with van der Waals surface area (Å²) in [6, 6.07) is 6.40. The smallest absolute Gasteiger partial charge is 0.243 e. The molecule has 0 bridgehead atoms. The van der Waals surface area contributed by atoms with Gasteiger partial charge in [-0.25, -0.2) is 8.42 Å². The predicted octanol–water partition coefficient (Wildman–Crippen LogP) is 2.63. The molecule has 1 amide bonds. The van der Waals surface area contributed by atoms with Crippen LogP contribution in [-0.2, 0) is 14.8 Å². The number of likely N-dealkylation sites (tertiary alicyclic amines) is 1. The molecule has 1 saturated heterocycles. The first kappa shape index (κ1) is 20.9. The molecule has 1 aromatic carbocycles. The van der Waals surface area contributed by atoms with Crippen LogP contribution >= 0.6 is 0 Å². The molecule has 0 spiro atoms. The number of sulfonamides is 1. The second-order valence-electron chi connectivity index (χ2n) is 7.30. The van der Waals surface area contributed by atoms with E-state index in [4.69, 9.17) is 0 Å². The monoisotopic (exact) mass is 381 g/mol. The first-order valence-electron chi connectivity index (χ1n) is 9.38. The molecule has 0 radical (unpaired) electrons. The van der Waals surface area contributed by atoms with Crippen molar-refractivity contribution in [1.29, 1.82) is 0 Å². The topological polar surface area (TPSA) is 69.7 Å². The summed E-state index contributed by atoms with van der Waals surface area (Å²) in [7, 11) is -3.47. The number of amides is 1. The summed E-state index contributed by atoms with van der Waals surface area (Å²) in [5.41, 5.74) is 0.617. The van der Waals surface area contributed by atoms with Crippen LogP contribution in [0, 0.1) is 11.8 Å². The van der Waals surface area contributed by atoms with Gasteiger partial charge in [0.1, 0.15) is 0 Å². The highest BCUT2D eigenvalue weighted by molar-refractivity contribution is 7.89. The van der Waals surface area contributed by atoms with Crippen LogP contribution in [0.2, 0.25) is 0 Å². The van der Waals surface area contributed by atoms with E-state index in [2.05, 4.69) is 24.1 Å². The molecule has 1 aromatic rings. The van der Waals surface area contributed by atoms with Crippen molar-refractivity contribution in [3.05, 3.63) is 24.3 Å². The molecule has 26 heavy (non-hydrogen) atoms. The summed E-state index contributed by atoms with van der Waals surface area (Å²) in [6.45, 7) is 11.2. The summed E-state index contributed by atoms with van der Waals surface area (Å²) >= 11 is 0. The Balaban J connectivity index is 1.97. The third-order valence-corrected chi connectivity index (χ3v) is 6.86. The van der Waals surface area contributed by atoms with Crippen LogP contribution in [0.4, 0.5) is 5.69 Å². The van der Waals surface area contributed by atoms with Crippen LogP contribution in [0.15, 0.2) is 29.2 Å². The molecule has 6 nitrogen and oxygen atoms in total. The Kier molecular flexibility index (Phi) is 7.20. The number of hydrogen-bond acceptors (Lipinski definition) is 4. The average molecular weight is 382 g/mol. The molecule has 1 heterocycles. The third-order valence-electron chi connectivity index (χ3n) is 4.79. The molecule has 0 aromatic heterocycles. The molecule has 1 aliphatic heterocycles. The van der Waals surface area contributed by atoms with Gasteiger partial charge in [0.25, 0.3) is 0 Å². The Morgan fingerprint density at radius 3 is 2.15 bits per heavy atom. The minimum atomic E-state index is -3.47. The maximum absolute atomic E-state index is 12.5. The van der Waals surface area contributed by atoms with Gasteiger partial charge in [-0.1, -0.05) is 27.7 Å². The standard InChI is InChI=1S/C19H31N3O3S/c1-5-22(6-2)26(24,25)18-9-7-17(8-10-18)20-19(23)14-21-12-15(3)11-16(4)13-21/h7-10,15-16H,5-6,11-14H2,1-4H3,(H,20,23)/t15-,16+. The number of hydrogen-bond donors (Lipinski definition) is 1. The fourth-order valence-corrected chi connectivity index (χ4v) is 5.21. The summed E-state index contributed by atoms with van der Waals surface area (Å²) in [5, 5.41) is 2.87. The lowest BCUT2D eigenvalue weighted by Gasteiger charge is -2.34. The van der Waals surface area contributed by atoms with Crippen LogP contribution < -0.4 is 5.32 Å². The molecule has 7 heteroatoms. The first-order chi connectivity index (χ1) is 12.3. The molecule has 0 saturated carbocycles. The Bertz CT molecular complexity index is 689. The van der Waals surface area contributed by atoms with Gasteiger partial charge in [0, 0.05) is 31.9 Å². The Morgan fingerprint density at radius 1 is 1.12 bits per heavy atom. The van der Waals surface area contributed by atoms with Crippen LogP contribution in [0.1, 0.15) is 34.1 Å². The lowest BCUT2D eigenvalue weighted by molar-refractivity contribution is -0.117. The molecule has 146 valence electrons. The average Bonchev–Trinajstić information content (AvgIpc) is 2.55. The van der Waals surface area contributed by atoms with Gasteiger partial charge in [-0.15, -0.1) is 0 Å². The first-order valence-corrected chi connectivity index (χ1v) is 10.8. The highest BCUT2D eigenvalue weighted by Gasteiger charge is 2.24. The molecular weight excluding hydrogens is 350 g/mol. The largest absolute Gasteiger partial charge is 0.325 e. The van der Waals surface area contributed by atoms with E-state index in [-0.39, 0.29) is 10.8 Å². The highest BCUT2D eigenvalue weighted by Crippen LogP contribution is 2.21. The number of nitrogens with one attached hydrogen (secondary N) is 1.